The van der Waals surface area contributed by atoms with Crippen LogP contribution in [0.3, 0.4) is 0 Å². The number of nitrogens with one attached hydrogen (secondary N) is 1. The molecule has 0 spiro atoms. The van der Waals surface area contributed by atoms with E-state index >= 15 is 0 Å². The minimum Gasteiger partial charge on any atom is -0.398 e. The zero-order valence-corrected chi connectivity index (χ0v) is 13.4. The molecule has 4 nitrogen and oxygen atoms in total. The lowest BCUT2D eigenvalue weighted by molar-refractivity contribution is 0.601. The molecule has 0 atom stereocenters. The Morgan fingerprint density at radius 2 is 1.90 bits per heavy atom. The number of nitrogens with two attached hydrogens (primary N) is 1. The smallest absolute Gasteiger partial charge is 0.261 e. The van der Waals surface area contributed by atoms with Gasteiger partial charge in [-0.05, 0) is 54.8 Å². The van der Waals surface area contributed by atoms with Crippen LogP contribution in [0.4, 0.5) is 11.4 Å². The first-order valence-corrected chi connectivity index (χ1v) is 8.37. The maximum Gasteiger partial charge on any atom is 0.261 e. The van der Waals surface area contributed by atoms with Crippen LogP contribution in [0.1, 0.15) is 18.1 Å². The van der Waals surface area contributed by atoms with E-state index in [2.05, 4.69) is 4.72 Å². The second kappa shape index (κ2) is 5.95. The van der Waals surface area contributed by atoms with Crippen molar-refractivity contribution in [3.05, 3.63) is 52.5 Å². The predicted molar refractivity (Wildman–Crippen MR) is 87.2 cm³/mol. The minimum absolute atomic E-state index is 0.145. The molecule has 21 heavy (non-hydrogen) atoms. The summed E-state index contributed by atoms with van der Waals surface area (Å²) in [5.74, 6) is 0. The Labute approximate surface area is 130 Å². The van der Waals surface area contributed by atoms with Crippen molar-refractivity contribution in [2.45, 2.75) is 25.2 Å². The van der Waals surface area contributed by atoms with Gasteiger partial charge in [-0.15, -0.1) is 0 Å². The SMILES string of the molecule is CCc1ccc(S(=O)(=O)Nc2ccc(Cl)cc2C)cc1N. The summed E-state index contributed by atoms with van der Waals surface area (Å²) < 4.78 is 27.3. The Bertz CT molecular complexity index is 773. The standard InChI is InChI=1S/C15H17ClN2O2S/c1-3-11-4-6-13(9-14(11)17)21(19,20)18-15-7-5-12(16)8-10(15)2/h4-9,18H,3,17H2,1-2H3. The highest BCUT2D eigenvalue weighted by molar-refractivity contribution is 7.92. The normalized spacial score (nSPS) is 11.4. The van der Waals surface area contributed by atoms with Gasteiger partial charge in [0.25, 0.3) is 10.0 Å². The number of hydrogen-bond donors (Lipinski definition) is 2. The van der Waals surface area contributed by atoms with E-state index in [0.29, 0.717) is 16.4 Å². The van der Waals surface area contributed by atoms with Gasteiger partial charge in [0, 0.05) is 10.7 Å². The molecule has 0 saturated heterocycles. The molecule has 0 aromatic heterocycles. The molecule has 3 N–H and O–H groups in total. The number of aryl methyl sites for hydroxylation is 2. The second-order valence-electron chi connectivity index (χ2n) is 4.78. The third-order valence-electron chi connectivity index (χ3n) is 3.24. The molecule has 0 aliphatic heterocycles. The van der Waals surface area contributed by atoms with E-state index in [9.17, 15) is 8.42 Å². The minimum atomic E-state index is -3.67. The monoisotopic (exact) mass is 324 g/mol. The molecule has 0 radical (unpaired) electrons. The van der Waals surface area contributed by atoms with Gasteiger partial charge in [0.1, 0.15) is 0 Å². The van der Waals surface area contributed by atoms with Crippen molar-refractivity contribution < 1.29 is 8.42 Å². The lowest BCUT2D eigenvalue weighted by atomic mass is 10.1. The Kier molecular flexibility index (Phi) is 4.44. The van der Waals surface area contributed by atoms with Crippen molar-refractivity contribution in [1.29, 1.82) is 0 Å². The fourth-order valence-corrected chi connectivity index (χ4v) is 3.40. The topological polar surface area (TPSA) is 72.2 Å². The maximum atomic E-state index is 12.4. The number of halogens is 1. The molecule has 2 rings (SSSR count). The van der Waals surface area contributed by atoms with Crippen LogP contribution in [-0.2, 0) is 16.4 Å². The first-order valence-electron chi connectivity index (χ1n) is 6.51. The van der Waals surface area contributed by atoms with E-state index in [-0.39, 0.29) is 4.90 Å². The third kappa shape index (κ3) is 3.49. The second-order valence-corrected chi connectivity index (χ2v) is 6.90. The van der Waals surface area contributed by atoms with Crippen LogP contribution < -0.4 is 10.5 Å². The van der Waals surface area contributed by atoms with Gasteiger partial charge in [-0.2, -0.15) is 0 Å². The average Bonchev–Trinajstić information content (AvgIpc) is 2.42. The molecule has 0 heterocycles. The maximum absolute atomic E-state index is 12.4. The molecule has 6 heteroatoms. The highest BCUT2D eigenvalue weighted by atomic mass is 35.5. The number of sulfonamides is 1. The molecule has 0 fully saturated rings. The van der Waals surface area contributed by atoms with Crippen LogP contribution in [0.5, 0.6) is 0 Å². The van der Waals surface area contributed by atoms with Crippen molar-refractivity contribution in [3.8, 4) is 0 Å². The summed E-state index contributed by atoms with van der Waals surface area (Å²) in [5.41, 5.74) is 8.52. The van der Waals surface area contributed by atoms with Crippen LogP contribution in [-0.4, -0.2) is 8.42 Å². The predicted octanol–water partition coefficient (Wildman–Crippen LogP) is 3.59. The summed E-state index contributed by atoms with van der Waals surface area (Å²) in [6, 6.07) is 9.75. The molecule has 0 bridgehead atoms. The lowest BCUT2D eigenvalue weighted by Gasteiger charge is -2.12. The summed E-state index contributed by atoms with van der Waals surface area (Å²) in [6.45, 7) is 3.76. The van der Waals surface area contributed by atoms with Crippen molar-refractivity contribution in [3.63, 3.8) is 0 Å². The lowest BCUT2D eigenvalue weighted by Crippen LogP contribution is -2.14. The van der Waals surface area contributed by atoms with Crippen molar-refractivity contribution in [2.75, 3.05) is 10.5 Å². The molecule has 2 aromatic rings. The first-order chi connectivity index (χ1) is 9.83. The highest BCUT2D eigenvalue weighted by Crippen LogP contribution is 2.24. The molecular formula is C15H17ClN2O2S. The van der Waals surface area contributed by atoms with E-state index < -0.39 is 10.0 Å². The van der Waals surface area contributed by atoms with Gasteiger partial charge in [-0.25, -0.2) is 8.42 Å². The quantitative estimate of drug-likeness (QED) is 0.844. The average molecular weight is 325 g/mol. The zero-order chi connectivity index (χ0) is 15.6. The fraction of sp³-hybridized carbons (Fsp3) is 0.200. The van der Waals surface area contributed by atoms with E-state index in [0.717, 1.165) is 17.5 Å². The van der Waals surface area contributed by atoms with Gasteiger partial charge in [0.05, 0.1) is 10.6 Å². The van der Waals surface area contributed by atoms with Crippen LogP contribution in [0.2, 0.25) is 5.02 Å². The summed E-state index contributed by atoms with van der Waals surface area (Å²) in [6.07, 6.45) is 0.760. The molecular weight excluding hydrogens is 308 g/mol. The molecule has 0 unspecified atom stereocenters. The first kappa shape index (κ1) is 15.7. The van der Waals surface area contributed by atoms with Crippen molar-refractivity contribution in [2.24, 2.45) is 0 Å². The molecule has 0 amide bonds. The Hall–Kier alpha value is -1.72. The van der Waals surface area contributed by atoms with E-state index in [1.165, 1.54) is 6.07 Å². The molecule has 2 aromatic carbocycles. The number of rotatable bonds is 4. The molecule has 0 saturated carbocycles. The summed E-state index contributed by atoms with van der Waals surface area (Å²) in [7, 11) is -3.67. The third-order valence-corrected chi connectivity index (χ3v) is 4.84. The van der Waals surface area contributed by atoms with E-state index in [1.54, 1.807) is 37.3 Å². The molecule has 112 valence electrons. The van der Waals surface area contributed by atoms with Gasteiger partial charge in [-0.3, -0.25) is 4.72 Å². The van der Waals surface area contributed by atoms with Gasteiger partial charge in [-0.1, -0.05) is 24.6 Å². The number of anilines is 2. The van der Waals surface area contributed by atoms with Crippen molar-refractivity contribution >= 4 is 33.0 Å². The number of benzene rings is 2. The van der Waals surface area contributed by atoms with Gasteiger partial charge in [0.15, 0.2) is 0 Å². The van der Waals surface area contributed by atoms with Crippen LogP contribution in [0.25, 0.3) is 0 Å². The van der Waals surface area contributed by atoms with Crippen LogP contribution >= 0.6 is 11.6 Å². The number of hydrogen-bond acceptors (Lipinski definition) is 3. The Morgan fingerprint density at radius 3 is 2.48 bits per heavy atom. The summed E-state index contributed by atoms with van der Waals surface area (Å²) in [4.78, 5) is 0.145. The number of nitrogen functional groups attached to an aromatic ring is 1. The largest absolute Gasteiger partial charge is 0.398 e. The van der Waals surface area contributed by atoms with Crippen LogP contribution in [0, 0.1) is 6.92 Å². The van der Waals surface area contributed by atoms with Gasteiger partial charge in [0.2, 0.25) is 0 Å². The summed E-state index contributed by atoms with van der Waals surface area (Å²) >= 11 is 5.87. The van der Waals surface area contributed by atoms with Gasteiger partial charge < -0.3 is 5.73 Å². The van der Waals surface area contributed by atoms with Crippen LogP contribution in [0.15, 0.2) is 41.3 Å². The molecule has 0 aliphatic rings. The fourth-order valence-electron chi connectivity index (χ4n) is 2.01. The van der Waals surface area contributed by atoms with Crippen molar-refractivity contribution in [1.82, 2.24) is 0 Å². The Morgan fingerprint density at radius 1 is 1.19 bits per heavy atom. The van der Waals surface area contributed by atoms with E-state index in [4.69, 9.17) is 17.3 Å². The summed E-state index contributed by atoms with van der Waals surface area (Å²) in [5, 5.41) is 0.562. The molecule has 0 aliphatic carbocycles. The zero-order valence-electron chi connectivity index (χ0n) is 11.9. The Balaban J connectivity index is 2.36. The van der Waals surface area contributed by atoms with E-state index in [1.807, 2.05) is 6.92 Å². The van der Waals surface area contributed by atoms with Gasteiger partial charge >= 0.3 is 0 Å². The highest BCUT2D eigenvalue weighted by Gasteiger charge is 2.16.